The predicted molar refractivity (Wildman–Crippen MR) is 109 cm³/mol. The molecule has 0 bridgehead atoms. The van der Waals surface area contributed by atoms with Gasteiger partial charge in [0.25, 0.3) is 0 Å². The van der Waals surface area contributed by atoms with Gasteiger partial charge in [0.05, 0.1) is 11.6 Å². The Morgan fingerprint density at radius 1 is 1.29 bits per heavy atom. The molecule has 0 saturated heterocycles. The van der Waals surface area contributed by atoms with Crippen LogP contribution in [0.3, 0.4) is 0 Å². The maximum atomic E-state index is 12.0. The summed E-state index contributed by atoms with van der Waals surface area (Å²) in [5.74, 6) is 0.622. The minimum Gasteiger partial charge on any atom is -0.444 e. The highest BCUT2D eigenvalue weighted by Crippen LogP contribution is 2.34. The van der Waals surface area contributed by atoms with Crippen molar-refractivity contribution in [2.75, 3.05) is 10.6 Å². The number of aryl methyl sites for hydroxylation is 2. The van der Waals surface area contributed by atoms with Gasteiger partial charge in [-0.3, -0.25) is 5.32 Å². The van der Waals surface area contributed by atoms with E-state index in [0.29, 0.717) is 11.4 Å². The van der Waals surface area contributed by atoms with Crippen LogP contribution >= 0.6 is 0 Å². The van der Waals surface area contributed by atoms with Crippen LogP contribution in [0.5, 0.6) is 0 Å². The van der Waals surface area contributed by atoms with Crippen LogP contribution in [0.1, 0.15) is 62.0 Å². The molecule has 1 heterocycles. The number of nitriles is 1. The van der Waals surface area contributed by atoms with E-state index in [1.54, 1.807) is 6.07 Å². The van der Waals surface area contributed by atoms with Gasteiger partial charge in [0.1, 0.15) is 17.5 Å². The van der Waals surface area contributed by atoms with Crippen molar-refractivity contribution < 1.29 is 9.53 Å². The van der Waals surface area contributed by atoms with Gasteiger partial charge in [-0.1, -0.05) is 6.07 Å². The average molecular weight is 378 g/mol. The van der Waals surface area contributed by atoms with Gasteiger partial charge >= 0.3 is 6.09 Å². The van der Waals surface area contributed by atoms with Crippen LogP contribution < -0.4 is 10.6 Å². The third-order valence-corrected chi connectivity index (χ3v) is 4.57. The fourth-order valence-electron chi connectivity index (χ4n) is 3.39. The Morgan fingerprint density at radius 3 is 2.79 bits per heavy atom. The third-order valence-electron chi connectivity index (χ3n) is 4.57. The molecule has 0 saturated carbocycles. The number of fused-ring (bicyclic) bond motifs is 1. The van der Waals surface area contributed by atoms with E-state index in [-0.39, 0.29) is 6.04 Å². The van der Waals surface area contributed by atoms with Gasteiger partial charge in [-0.05, 0) is 82.3 Å². The number of nitrogens with zero attached hydrogens (tertiary/aromatic N) is 2. The number of rotatable bonds is 3. The molecular weight excluding hydrogens is 352 g/mol. The molecule has 1 aliphatic carbocycles. The lowest BCUT2D eigenvalue weighted by Gasteiger charge is -2.28. The Kier molecular flexibility index (Phi) is 5.55. The first-order valence-electron chi connectivity index (χ1n) is 9.52. The van der Waals surface area contributed by atoms with Crippen LogP contribution in [0.4, 0.5) is 16.3 Å². The number of aromatic nitrogens is 1. The predicted octanol–water partition coefficient (Wildman–Crippen LogP) is 5.10. The van der Waals surface area contributed by atoms with E-state index in [2.05, 4.69) is 21.7 Å². The van der Waals surface area contributed by atoms with Crippen molar-refractivity contribution in [1.29, 1.82) is 5.26 Å². The molecule has 6 nitrogen and oxygen atoms in total. The quantitative estimate of drug-likeness (QED) is 0.776. The number of carbonyl (C=O) groups is 1. The molecule has 6 heteroatoms. The van der Waals surface area contributed by atoms with Gasteiger partial charge in [0.2, 0.25) is 0 Å². The van der Waals surface area contributed by atoms with Crippen molar-refractivity contribution in [1.82, 2.24) is 4.98 Å². The summed E-state index contributed by atoms with van der Waals surface area (Å²) in [7, 11) is 0. The summed E-state index contributed by atoms with van der Waals surface area (Å²) < 4.78 is 5.32. The van der Waals surface area contributed by atoms with Crippen molar-refractivity contribution in [2.24, 2.45) is 0 Å². The molecule has 2 N–H and O–H groups in total. The van der Waals surface area contributed by atoms with Gasteiger partial charge in [-0.2, -0.15) is 5.26 Å². The van der Waals surface area contributed by atoms with Gasteiger partial charge < -0.3 is 10.1 Å². The van der Waals surface area contributed by atoms with Crippen molar-refractivity contribution in [3.8, 4) is 6.07 Å². The highest BCUT2D eigenvalue weighted by molar-refractivity contribution is 5.85. The summed E-state index contributed by atoms with van der Waals surface area (Å²) in [5.41, 5.74) is 3.96. The monoisotopic (exact) mass is 378 g/mol. The molecule has 0 aliphatic heterocycles. The molecule has 1 unspecified atom stereocenters. The first kappa shape index (κ1) is 19.7. The first-order valence-corrected chi connectivity index (χ1v) is 9.52. The van der Waals surface area contributed by atoms with Crippen molar-refractivity contribution in [3.05, 3.63) is 52.7 Å². The van der Waals surface area contributed by atoms with Gasteiger partial charge in [0, 0.05) is 11.4 Å². The molecule has 1 aliphatic rings. The lowest BCUT2D eigenvalue weighted by atomic mass is 9.87. The molecule has 28 heavy (non-hydrogen) atoms. The molecule has 3 rings (SSSR count). The van der Waals surface area contributed by atoms with Gasteiger partial charge in [0.15, 0.2) is 0 Å². The minimum atomic E-state index is -0.535. The maximum Gasteiger partial charge on any atom is 0.412 e. The van der Waals surface area contributed by atoms with Crippen LogP contribution in [0.2, 0.25) is 0 Å². The van der Waals surface area contributed by atoms with Crippen LogP contribution in [-0.2, 0) is 11.2 Å². The Balaban J connectivity index is 1.79. The number of carbonyl (C=O) groups excluding carboxylic acids is 1. The zero-order chi connectivity index (χ0) is 20.3. The fourth-order valence-corrected chi connectivity index (χ4v) is 3.39. The Morgan fingerprint density at radius 2 is 2.07 bits per heavy atom. The second-order valence-corrected chi connectivity index (χ2v) is 8.09. The summed E-state index contributed by atoms with van der Waals surface area (Å²) >= 11 is 0. The van der Waals surface area contributed by atoms with Gasteiger partial charge in [-0.25, -0.2) is 9.78 Å². The second-order valence-electron chi connectivity index (χ2n) is 8.09. The highest BCUT2D eigenvalue weighted by atomic mass is 16.6. The van der Waals surface area contributed by atoms with E-state index >= 15 is 0 Å². The second kappa shape index (κ2) is 7.89. The van der Waals surface area contributed by atoms with Crippen molar-refractivity contribution in [2.45, 2.75) is 58.6 Å². The van der Waals surface area contributed by atoms with Crippen LogP contribution in [0, 0.1) is 18.3 Å². The molecule has 0 spiro atoms. The standard InChI is InChI=1S/C22H26N4O2/c1-14-8-9-16(13-23)20(24-14)26-19-7-5-6-15-12-17(10-11-18(15)19)25-21(27)28-22(2,3)4/h8-12,19H,5-7H2,1-4H3,(H,24,26)(H,25,27). The number of hydrogen-bond acceptors (Lipinski definition) is 5. The number of amides is 1. The smallest absolute Gasteiger partial charge is 0.412 e. The highest BCUT2D eigenvalue weighted by Gasteiger charge is 2.23. The lowest BCUT2D eigenvalue weighted by molar-refractivity contribution is 0.0636. The van der Waals surface area contributed by atoms with Crippen LogP contribution in [0.25, 0.3) is 0 Å². The lowest BCUT2D eigenvalue weighted by Crippen LogP contribution is -2.27. The minimum absolute atomic E-state index is 0.0840. The Labute approximate surface area is 165 Å². The summed E-state index contributed by atoms with van der Waals surface area (Å²) in [6.07, 6.45) is 2.48. The number of anilines is 2. The van der Waals surface area contributed by atoms with E-state index in [4.69, 9.17) is 4.74 Å². The number of hydrogen-bond donors (Lipinski definition) is 2. The molecule has 146 valence electrons. The maximum absolute atomic E-state index is 12.0. The van der Waals surface area contributed by atoms with Crippen molar-refractivity contribution in [3.63, 3.8) is 0 Å². The fraction of sp³-hybridized carbons (Fsp3) is 0.409. The first-order chi connectivity index (χ1) is 13.2. The Bertz CT molecular complexity index is 925. The van der Waals surface area contributed by atoms with Crippen molar-refractivity contribution >= 4 is 17.6 Å². The molecule has 1 atom stereocenters. The van der Waals surface area contributed by atoms with Crippen LogP contribution in [0.15, 0.2) is 30.3 Å². The molecule has 1 aromatic heterocycles. The normalized spacial score (nSPS) is 15.9. The van der Waals surface area contributed by atoms with Gasteiger partial charge in [-0.15, -0.1) is 0 Å². The van der Waals surface area contributed by atoms with E-state index in [0.717, 1.165) is 30.6 Å². The van der Waals surface area contributed by atoms with E-state index < -0.39 is 11.7 Å². The largest absolute Gasteiger partial charge is 0.444 e. The zero-order valence-corrected chi connectivity index (χ0v) is 16.8. The summed E-state index contributed by atoms with van der Waals surface area (Å²) in [5, 5.41) is 15.6. The average Bonchev–Trinajstić information content (AvgIpc) is 2.60. The third kappa shape index (κ3) is 4.80. The molecule has 2 aromatic rings. The van der Waals surface area contributed by atoms with E-state index in [9.17, 15) is 10.1 Å². The summed E-state index contributed by atoms with van der Waals surface area (Å²) in [4.78, 5) is 16.5. The number of pyridine rings is 1. The van der Waals surface area contributed by atoms with Crippen LogP contribution in [-0.4, -0.2) is 16.7 Å². The number of nitrogens with one attached hydrogen (secondary N) is 2. The number of benzene rings is 1. The molecule has 1 aromatic carbocycles. The molecule has 1 amide bonds. The topological polar surface area (TPSA) is 87.0 Å². The summed E-state index contributed by atoms with van der Waals surface area (Å²) in [6.45, 7) is 7.43. The molecular formula is C22H26N4O2. The Hall–Kier alpha value is -3.07. The number of ether oxygens (including phenoxy) is 1. The molecule has 0 radical (unpaired) electrons. The molecule has 0 fully saturated rings. The van der Waals surface area contributed by atoms with E-state index in [1.165, 1.54) is 11.1 Å². The zero-order valence-electron chi connectivity index (χ0n) is 16.8. The van der Waals surface area contributed by atoms with E-state index in [1.807, 2.05) is 52.0 Å². The summed E-state index contributed by atoms with van der Waals surface area (Å²) in [6, 6.07) is 11.8. The SMILES string of the molecule is Cc1ccc(C#N)c(NC2CCCc3cc(NC(=O)OC(C)(C)C)ccc32)n1.